The van der Waals surface area contributed by atoms with Crippen LogP contribution < -0.4 is 10.6 Å². The quantitative estimate of drug-likeness (QED) is 0.847. The van der Waals surface area contributed by atoms with Crippen LogP contribution in [0.5, 0.6) is 0 Å². The molecule has 2 N–H and O–H groups in total. The maximum Gasteiger partial charge on any atom is 0.317 e. The van der Waals surface area contributed by atoms with Gasteiger partial charge in [-0.25, -0.2) is 4.79 Å². The molecule has 3 rings (SSSR count). The number of hydrogen-bond acceptors (Lipinski definition) is 4. The van der Waals surface area contributed by atoms with Gasteiger partial charge in [-0.1, -0.05) is 0 Å². The number of amides is 3. The molecule has 0 radical (unpaired) electrons. The van der Waals surface area contributed by atoms with Gasteiger partial charge in [0.25, 0.3) is 0 Å². The first kappa shape index (κ1) is 15.9. The Labute approximate surface area is 136 Å². The number of nitrogens with zero attached hydrogens (tertiary/aromatic N) is 2. The third-order valence-electron chi connectivity index (χ3n) is 4.60. The summed E-state index contributed by atoms with van der Waals surface area (Å²) in [5.74, 6) is 0.767. The molecule has 1 unspecified atom stereocenters. The van der Waals surface area contributed by atoms with Crippen LogP contribution in [-0.4, -0.2) is 60.5 Å². The van der Waals surface area contributed by atoms with Crippen LogP contribution >= 0.6 is 0 Å². The van der Waals surface area contributed by atoms with Gasteiger partial charge < -0.3 is 20.0 Å². The molecule has 0 aliphatic carbocycles. The third kappa shape index (κ3) is 3.85. The molecule has 0 bridgehead atoms. The first-order valence-electron chi connectivity index (χ1n) is 8.23. The molecule has 3 amide bonds. The summed E-state index contributed by atoms with van der Waals surface area (Å²) >= 11 is 0. The van der Waals surface area contributed by atoms with Crippen LogP contribution in [0, 0.1) is 0 Å². The monoisotopic (exact) mass is 320 g/mol. The molecule has 7 nitrogen and oxygen atoms in total. The van der Waals surface area contributed by atoms with Crippen LogP contribution in [-0.2, 0) is 4.79 Å². The lowest BCUT2D eigenvalue weighted by Crippen LogP contribution is -2.48. The summed E-state index contributed by atoms with van der Waals surface area (Å²) in [6, 6.07) is 3.91. The van der Waals surface area contributed by atoms with Crippen molar-refractivity contribution in [3.05, 3.63) is 24.2 Å². The second-order valence-corrected chi connectivity index (χ2v) is 6.24. The van der Waals surface area contributed by atoms with E-state index in [4.69, 9.17) is 4.42 Å². The molecule has 2 aliphatic rings. The topological polar surface area (TPSA) is 77.8 Å². The summed E-state index contributed by atoms with van der Waals surface area (Å²) < 4.78 is 5.30. The van der Waals surface area contributed by atoms with Gasteiger partial charge in [0.05, 0.1) is 18.8 Å². The molecule has 2 aliphatic heterocycles. The molecule has 23 heavy (non-hydrogen) atoms. The second-order valence-electron chi connectivity index (χ2n) is 6.24. The predicted octanol–water partition coefficient (Wildman–Crippen LogP) is 0.946. The van der Waals surface area contributed by atoms with Crippen molar-refractivity contribution in [1.82, 2.24) is 20.4 Å². The Bertz CT molecular complexity index is 538. The lowest BCUT2D eigenvalue weighted by Gasteiger charge is -2.35. The van der Waals surface area contributed by atoms with Crippen LogP contribution in [0.3, 0.4) is 0 Å². The average Bonchev–Trinajstić information content (AvgIpc) is 3.19. The smallest absolute Gasteiger partial charge is 0.317 e. The highest BCUT2D eigenvalue weighted by Gasteiger charge is 2.31. The first-order chi connectivity index (χ1) is 11.1. The zero-order chi connectivity index (χ0) is 16.2. The van der Waals surface area contributed by atoms with Crippen molar-refractivity contribution in [2.24, 2.45) is 0 Å². The van der Waals surface area contributed by atoms with E-state index in [1.165, 1.54) is 0 Å². The number of rotatable bonds is 5. The number of piperidine rings is 1. The predicted molar refractivity (Wildman–Crippen MR) is 84.8 cm³/mol. The van der Waals surface area contributed by atoms with E-state index >= 15 is 0 Å². The summed E-state index contributed by atoms with van der Waals surface area (Å²) in [7, 11) is 0. The van der Waals surface area contributed by atoms with Crippen LogP contribution in [0.2, 0.25) is 0 Å². The summed E-state index contributed by atoms with van der Waals surface area (Å²) in [5.41, 5.74) is 0. The normalized spacial score (nSPS) is 21.3. The maximum atomic E-state index is 12.1. The van der Waals surface area contributed by atoms with Crippen molar-refractivity contribution in [3.8, 4) is 0 Å². The molecule has 2 saturated heterocycles. The Kier molecular flexibility index (Phi) is 4.85. The fraction of sp³-hybridized carbons (Fsp3) is 0.625. The van der Waals surface area contributed by atoms with E-state index in [-0.39, 0.29) is 18.0 Å². The molecule has 0 saturated carbocycles. The highest BCUT2D eigenvalue weighted by Crippen LogP contribution is 2.18. The Hall–Kier alpha value is -2.02. The van der Waals surface area contributed by atoms with Gasteiger partial charge in [0.15, 0.2) is 0 Å². The molecule has 2 fully saturated rings. The molecule has 0 aromatic carbocycles. The van der Waals surface area contributed by atoms with Crippen LogP contribution in [0.25, 0.3) is 0 Å². The minimum atomic E-state index is -0.122. The maximum absolute atomic E-state index is 12.1. The van der Waals surface area contributed by atoms with Gasteiger partial charge in [-0.05, 0) is 31.9 Å². The summed E-state index contributed by atoms with van der Waals surface area (Å²) in [6.45, 7) is 5.53. The van der Waals surface area contributed by atoms with Crippen LogP contribution in [0.1, 0.15) is 31.6 Å². The number of urea groups is 1. The lowest BCUT2D eigenvalue weighted by molar-refractivity contribution is -0.123. The zero-order valence-electron chi connectivity index (χ0n) is 13.5. The fourth-order valence-electron chi connectivity index (χ4n) is 3.32. The minimum absolute atomic E-state index is 0.00580. The lowest BCUT2D eigenvalue weighted by atomic mass is 10.0. The molecule has 3 heterocycles. The Balaban J connectivity index is 1.41. The van der Waals surface area contributed by atoms with E-state index < -0.39 is 0 Å². The highest BCUT2D eigenvalue weighted by atomic mass is 16.3. The minimum Gasteiger partial charge on any atom is -0.467 e. The number of nitrogens with one attached hydrogen (secondary N) is 2. The van der Waals surface area contributed by atoms with Gasteiger partial charge in [0.1, 0.15) is 5.76 Å². The number of carbonyl (C=O) groups is 2. The van der Waals surface area contributed by atoms with E-state index in [2.05, 4.69) is 15.5 Å². The Morgan fingerprint density at radius 3 is 2.83 bits per heavy atom. The summed E-state index contributed by atoms with van der Waals surface area (Å²) in [6.07, 6.45) is 3.46. The van der Waals surface area contributed by atoms with E-state index in [1.807, 2.05) is 24.0 Å². The molecule has 1 atom stereocenters. The number of likely N-dealkylation sites (tertiary alicyclic amines) is 1. The van der Waals surface area contributed by atoms with E-state index in [0.717, 1.165) is 44.8 Å². The fourth-order valence-corrected chi connectivity index (χ4v) is 3.32. The Morgan fingerprint density at radius 2 is 2.22 bits per heavy atom. The van der Waals surface area contributed by atoms with Crippen LogP contribution in [0.15, 0.2) is 22.8 Å². The van der Waals surface area contributed by atoms with Crippen molar-refractivity contribution in [1.29, 1.82) is 0 Å². The second kappa shape index (κ2) is 7.04. The van der Waals surface area contributed by atoms with Gasteiger partial charge in [-0.15, -0.1) is 0 Å². The van der Waals surface area contributed by atoms with Crippen LogP contribution in [0.4, 0.5) is 4.79 Å². The molecular formula is C16H24N4O3. The van der Waals surface area contributed by atoms with Gasteiger partial charge in [0, 0.05) is 32.2 Å². The van der Waals surface area contributed by atoms with Crippen molar-refractivity contribution < 1.29 is 14.0 Å². The van der Waals surface area contributed by atoms with Gasteiger partial charge >= 0.3 is 6.03 Å². The Morgan fingerprint density at radius 1 is 1.43 bits per heavy atom. The molecule has 7 heteroatoms. The molecule has 0 spiro atoms. The average molecular weight is 320 g/mol. The summed E-state index contributed by atoms with van der Waals surface area (Å²) in [5, 5.41) is 5.80. The van der Waals surface area contributed by atoms with E-state index in [0.29, 0.717) is 12.6 Å². The number of hydrogen-bond donors (Lipinski definition) is 2. The molecule has 1 aromatic rings. The van der Waals surface area contributed by atoms with Crippen molar-refractivity contribution in [2.75, 3.05) is 32.7 Å². The van der Waals surface area contributed by atoms with Crippen molar-refractivity contribution in [2.45, 2.75) is 31.8 Å². The molecule has 1 aromatic heterocycles. The zero-order valence-corrected chi connectivity index (χ0v) is 13.5. The number of carbonyl (C=O) groups excluding carboxylic acids is 2. The van der Waals surface area contributed by atoms with Crippen molar-refractivity contribution in [3.63, 3.8) is 0 Å². The highest BCUT2D eigenvalue weighted by molar-refractivity contribution is 5.78. The first-order valence-corrected chi connectivity index (χ1v) is 8.23. The molecular weight excluding hydrogens is 296 g/mol. The standard InChI is InChI=1S/C16H24N4O3/c1-12(14-3-2-10-23-14)18-15(21)11-19-7-4-13(5-8-19)20-9-6-17-16(20)22/h2-3,10,12-13H,4-9,11H2,1H3,(H,17,22)(H,18,21). The third-order valence-corrected chi connectivity index (χ3v) is 4.60. The largest absolute Gasteiger partial charge is 0.467 e. The van der Waals surface area contributed by atoms with Crippen molar-refractivity contribution >= 4 is 11.9 Å². The summed E-state index contributed by atoms with van der Waals surface area (Å²) in [4.78, 5) is 27.9. The van der Waals surface area contributed by atoms with E-state index in [1.54, 1.807) is 6.26 Å². The van der Waals surface area contributed by atoms with Gasteiger partial charge in [-0.2, -0.15) is 0 Å². The SMILES string of the molecule is CC(NC(=O)CN1CCC(N2CCNC2=O)CC1)c1ccco1. The van der Waals surface area contributed by atoms with Gasteiger partial charge in [0.2, 0.25) is 5.91 Å². The molecule has 126 valence electrons. The number of furan rings is 1. The van der Waals surface area contributed by atoms with E-state index in [9.17, 15) is 9.59 Å². The van der Waals surface area contributed by atoms with Gasteiger partial charge in [-0.3, -0.25) is 9.69 Å².